The van der Waals surface area contributed by atoms with Crippen LogP contribution in [-0.2, 0) is 11.2 Å². The van der Waals surface area contributed by atoms with Crippen LogP contribution in [0.4, 0.5) is 5.82 Å². The third-order valence-corrected chi connectivity index (χ3v) is 5.86. The number of hydrogen-bond acceptors (Lipinski definition) is 6. The van der Waals surface area contributed by atoms with Crippen LogP contribution in [-0.4, -0.2) is 34.9 Å². The first-order valence-electron chi connectivity index (χ1n) is 9.79. The number of hydrogen-bond donors (Lipinski definition) is 0. The van der Waals surface area contributed by atoms with E-state index in [1.54, 1.807) is 17.7 Å². The third-order valence-electron chi connectivity index (χ3n) is 5.04. The second-order valence-corrected chi connectivity index (χ2v) is 8.56. The molecule has 4 rings (SSSR count). The van der Waals surface area contributed by atoms with E-state index in [9.17, 15) is 4.79 Å². The van der Waals surface area contributed by atoms with Crippen LogP contribution in [0.25, 0.3) is 10.2 Å². The van der Waals surface area contributed by atoms with Crippen molar-refractivity contribution in [1.29, 1.82) is 0 Å². The van der Waals surface area contributed by atoms with Crippen LogP contribution in [0, 0.1) is 5.92 Å². The van der Waals surface area contributed by atoms with Gasteiger partial charge in [-0.25, -0.2) is 9.97 Å². The van der Waals surface area contributed by atoms with Gasteiger partial charge in [-0.3, -0.25) is 4.79 Å². The molecule has 1 aromatic carbocycles. The van der Waals surface area contributed by atoms with E-state index in [4.69, 9.17) is 4.74 Å². The number of rotatable bonds is 7. The van der Waals surface area contributed by atoms with E-state index < -0.39 is 0 Å². The van der Waals surface area contributed by atoms with Crippen molar-refractivity contribution in [2.24, 2.45) is 5.92 Å². The number of ketones is 1. The average Bonchev–Trinajstić information content (AvgIpc) is 3.32. The van der Waals surface area contributed by atoms with Gasteiger partial charge in [0.1, 0.15) is 28.5 Å². The molecule has 0 amide bonds. The fourth-order valence-electron chi connectivity index (χ4n) is 3.80. The van der Waals surface area contributed by atoms with Crippen LogP contribution in [0.15, 0.2) is 42.0 Å². The zero-order valence-corrected chi connectivity index (χ0v) is 17.1. The molecule has 3 aromatic rings. The molecular formula is C22H25N3O2S. The summed E-state index contributed by atoms with van der Waals surface area (Å²) in [6.45, 7) is 5.84. The number of benzene rings is 1. The van der Waals surface area contributed by atoms with E-state index in [2.05, 4.69) is 26.3 Å². The van der Waals surface area contributed by atoms with Crippen LogP contribution in [0.1, 0.15) is 32.3 Å². The van der Waals surface area contributed by atoms with Crippen molar-refractivity contribution in [1.82, 2.24) is 9.97 Å². The van der Waals surface area contributed by atoms with Gasteiger partial charge < -0.3 is 9.64 Å². The monoisotopic (exact) mass is 395 g/mol. The SMILES string of the molecule is CC(C)Oc1ccc(CC(=O)CC2CCN(c3ncnc4sccc34)C2)cc1. The van der Waals surface area contributed by atoms with Gasteiger partial charge in [0.25, 0.3) is 0 Å². The summed E-state index contributed by atoms with van der Waals surface area (Å²) in [5.74, 6) is 2.54. The predicted molar refractivity (Wildman–Crippen MR) is 113 cm³/mol. The Labute approximate surface area is 169 Å². The maximum Gasteiger partial charge on any atom is 0.140 e. The lowest BCUT2D eigenvalue weighted by atomic mass is 9.98. The van der Waals surface area contributed by atoms with Crippen molar-refractivity contribution in [2.45, 2.75) is 39.2 Å². The van der Waals surface area contributed by atoms with Crippen LogP contribution < -0.4 is 9.64 Å². The Morgan fingerprint density at radius 2 is 2.07 bits per heavy atom. The maximum absolute atomic E-state index is 12.6. The van der Waals surface area contributed by atoms with Crippen molar-refractivity contribution in [3.63, 3.8) is 0 Å². The van der Waals surface area contributed by atoms with E-state index in [-0.39, 0.29) is 6.10 Å². The number of carbonyl (C=O) groups excluding carboxylic acids is 1. The smallest absolute Gasteiger partial charge is 0.140 e. The lowest BCUT2D eigenvalue weighted by Crippen LogP contribution is -2.22. The molecule has 0 aliphatic carbocycles. The van der Waals surface area contributed by atoms with E-state index >= 15 is 0 Å². The average molecular weight is 396 g/mol. The number of nitrogens with zero attached hydrogens (tertiary/aromatic N) is 3. The molecule has 1 aliphatic heterocycles. The first-order valence-corrected chi connectivity index (χ1v) is 10.7. The highest BCUT2D eigenvalue weighted by Crippen LogP contribution is 2.31. The molecule has 146 valence electrons. The maximum atomic E-state index is 12.6. The minimum atomic E-state index is 0.156. The summed E-state index contributed by atoms with van der Waals surface area (Å²) in [6.07, 6.45) is 3.93. The molecule has 1 unspecified atom stereocenters. The fraction of sp³-hybridized carbons (Fsp3) is 0.409. The Balaban J connectivity index is 1.33. The molecule has 2 aromatic heterocycles. The molecule has 1 aliphatic rings. The second kappa shape index (κ2) is 8.27. The molecule has 6 heteroatoms. The van der Waals surface area contributed by atoms with Crippen LogP contribution in [0.2, 0.25) is 0 Å². The van der Waals surface area contributed by atoms with Gasteiger partial charge in [-0.05, 0) is 55.3 Å². The second-order valence-electron chi connectivity index (χ2n) is 7.67. The molecule has 1 fully saturated rings. The van der Waals surface area contributed by atoms with Gasteiger partial charge in [0, 0.05) is 25.9 Å². The van der Waals surface area contributed by atoms with Gasteiger partial charge in [0.15, 0.2) is 0 Å². The number of aromatic nitrogens is 2. The quantitative estimate of drug-likeness (QED) is 0.589. The minimum Gasteiger partial charge on any atom is -0.491 e. The summed E-state index contributed by atoms with van der Waals surface area (Å²) in [4.78, 5) is 24.7. The number of anilines is 1. The summed E-state index contributed by atoms with van der Waals surface area (Å²) < 4.78 is 5.66. The van der Waals surface area contributed by atoms with E-state index in [1.807, 2.05) is 38.1 Å². The van der Waals surface area contributed by atoms with Gasteiger partial charge in [0.2, 0.25) is 0 Å². The third kappa shape index (κ3) is 4.33. The van der Waals surface area contributed by atoms with Gasteiger partial charge in [-0.2, -0.15) is 0 Å². The molecule has 28 heavy (non-hydrogen) atoms. The van der Waals surface area contributed by atoms with Crippen LogP contribution in [0.3, 0.4) is 0 Å². The highest BCUT2D eigenvalue weighted by molar-refractivity contribution is 7.16. The standard InChI is InChI=1S/C22H25N3O2S/c1-15(2)27-19-5-3-16(4-6-19)11-18(26)12-17-7-9-25(13-17)21-20-8-10-28-22(20)24-14-23-21/h3-6,8,10,14-15,17H,7,9,11-13H2,1-2H3. The van der Waals surface area contributed by atoms with Crippen molar-refractivity contribution < 1.29 is 9.53 Å². The molecule has 0 N–H and O–H groups in total. The number of fused-ring (bicyclic) bond motifs is 1. The molecular weight excluding hydrogens is 370 g/mol. The first-order chi connectivity index (χ1) is 13.6. The summed E-state index contributed by atoms with van der Waals surface area (Å²) in [6, 6.07) is 9.96. The molecule has 3 heterocycles. The number of thiophene rings is 1. The van der Waals surface area contributed by atoms with E-state index in [1.165, 1.54) is 0 Å². The highest BCUT2D eigenvalue weighted by Gasteiger charge is 2.26. The lowest BCUT2D eigenvalue weighted by molar-refractivity contribution is -0.119. The molecule has 1 atom stereocenters. The predicted octanol–water partition coefficient (Wildman–Crippen LogP) is 4.51. The minimum absolute atomic E-state index is 0.156. The number of carbonyl (C=O) groups is 1. The largest absolute Gasteiger partial charge is 0.491 e. The molecule has 1 saturated heterocycles. The lowest BCUT2D eigenvalue weighted by Gasteiger charge is -2.18. The summed E-state index contributed by atoms with van der Waals surface area (Å²) in [5, 5.41) is 3.17. The Hall–Kier alpha value is -2.47. The molecule has 5 nitrogen and oxygen atoms in total. The Morgan fingerprint density at radius 1 is 1.25 bits per heavy atom. The van der Waals surface area contributed by atoms with Crippen molar-refractivity contribution in [2.75, 3.05) is 18.0 Å². The van der Waals surface area contributed by atoms with Crippen LogP contribution >= 0.6 is 11.3 Å². The van der Waals surface area contributed by atoms with Gasteiger partial charge in [0.05, 0.1) is 11.5 Å². The highest BCUT2D eigenvalue weighted by atomic mass is 32.1. The Kier molecular flexibility index (Phi) is 5.57. The Bertz CT molecular complexity index is 952. The van der Waals surface area contributed by atoms with E-state index in [0.29, 0.717) is 24.5 Å². The summed E-state index contributed by atoms with van der Waals surface area (Å²) >= 11 is 1.64. The molecule has 0 bridgehead atoms. The van der Waals surface area contributed by atoms with Crippen molar-refractivity contribution >= 4 is 33.2 Å². The molecule has 0 radical (unpaired) electrons. The van der Waals surface area contributed by atoms with Crippen LogP contribution in [0.5, 0.6) is 5.75 Å². The zero-order valence-electron chi connectivity index (χ0n) is 16.3. The fourth-order valence-corrected chi connectivity index (χ4v) is 4.53. The van der Waals surface area contributed by atoms with Crippen molar-refractivity contribution in [3.8, 4) is 5.75 Å². The van der Waals surface area contributed by atoms with Gasteiger partial charge in [-0.1, -0.05) is 12.1 Å². The van der Waals surface area contributed by atoms with Crippen molar-refractivity contribution in [3.05, 3.63) is 47.6 Å². The summed E-state index contributed by atoms with van der Waals surface area (Å²) in [5.41, 5.74) is 1.05. The van der Waals surface area contributed by atoms with E-state index in [0.717, 1.165) is 46.9 Å². The number of Topliss-reactive ketones (excluding diaryl/α,β-unsaturated/α-hetero) is 1. The number of ether oxygens (including phenoxy) is 1. The molecule has 0 saturated carbocycles. The van der Waals surface area contributed by atoms with Gasteiger partial charge >= 0.3 is 0 Å². The normalized spacial score (nSPS) is 16.8. The summed E-state index contributed by atoms with van der Waals surface area (Å²) in [7, 11) is 0. The zero-order chi connectivity index (χ0) is 19.5. The van der Waals surface area contributed by atoms with Gasteiger partial charge in [-0.15, -0.1) is 11.3 Å². The Morgan fingerprint density at radius 3 is 2.86 bits per heavy atom. The first kappa shape index (κ1) is 18.9. The molecule has 0 spiro atoms. The topological polar surface area (TPSA) is 55.3 Å².